The van der Waals surface area contributed by atoms with Gasteiger partial charge in [-0.3, -0.25) is 9.59 Å². The first-order valence-electron chi connectivity index (χ1n) is 9.32. The Labute approximate surface area is 163 Å². The number of hydrogen-bond donors (Lipinski definition) is 2. The Kier molecular flexibility index (Phi) is 5.11. The summed E-state index contributed by atoms with van der Waals surface area (Å²) in [5, 5.41) is 5.63. The van der Waals surface area contributed by atoms with E-state index in [1.807, 2.05) is 30.3 Å². The van der Waals surface area contributed by atoms with Gasteiger partial charge in [0, 0.05) is 37.6 Å². The lowest BCUT2D eigenvalue weighted by Gasteiger charge is -2.17. The fourth-order valence-corrected chi connectivity index (χ4v) is 3.81. The van der Waals surface area contributed by atoms with Crippen molar-refractivity contribution in [3.8, 4) is 0 Å². The maximum atomic E-state index is 12.8. The lowest BCUT2D eigenvalue weighted by molar-refractivity contribution is 0.0927. The molecular weight excluding hydrogens is 358 g/mol. The van der Waals surface area contributed by atoms with E-state index in [0.717, 1.165) is 5.56 Å². The third-order valence-corrected chi connectivity index (χ3v) is 5.42. The molecule has 1 saturated carbocycles. The molecule has 0 spiro atoms. The van der Waals surface area contributed by atoms with Crippen LogP contribution in [0.1, 0.15) is 38.2 Å². The van der Waals surface area contributed by atoms with Gasteiger partial charge in [0.15, 0.2) is 0 Å². The topological polar surface area (TPSA) is 89.6 Å². The maximum Gasteiger partial charge on any atom is 0.269 e. The number of aromatic nitrogens is 1. The quantitative estimate of drug-likeness (QED) is 0.793. The molecule has 2 N–H and O–H groups in total. The second-order valence-electron chi connectivity index (χ2n) is 7.14. The van der Waals surface area contributed by atoms with Gasteiger partial charge in [-0.2, -0.15) is 0 Å². The van der Waals surface area contributed by atoms with Crippen LogP contribution in [-0.2, 0) is 9.47 Å². The Bertz CT molecular complexity index is 876. The summed E-state index contributed by atoms with van der Waals surface area (Å²) < 4.78 is 11.0. The van der Waals surface area contributed by atoms with Crippen molar-refractivity contribution in [1.29, 1.82) is 0 Å². The monoisotopic (exact) mass is 381 g/mol. The number of fused-ring (bicyclic) bond motifs is 1. The summed E-state index contributed by atoms with van der Waals surface area (Å²) in [7, 11) is 3.11. The van der Waals surface area contributed by atoms with Gasteiger partial charge in [0.25, 0.3) is 11.8 Å². The molecule has 1 aromatic heterocycles. The van der Waals surface area contributed by atoms with Gasteiger partial charge in [-0.15, -0.1) is 0 Å². The molecule has 1 aromatic carbocycles. The molecule has 0 radical (unpaired) electrons. The zero-order valence-electron chi connectivity index (χ0n) is 15.8. The van der Waals surface area contributed by atoms with Crippen LogP contribution < -0.4 is 10.6 Å². The van der Waals surface area contributed by atoms with Crippen LogP contribution in [0, 0.1) is 11.8 Å². The maximum absolute atomic E-state index is 12.8. The Morgan fingerprint density at radius 2 is 1.86 bits per heavy atom. The highest BCUT2D eigenvalue weighted by molar-refractivity contribution is 5.99. The summed E-state index contributed by atoms with van der Waals surface area (Å²) in [5.74, 6) is 0.242. The van der Waals surface area contributed by atoms with Crippen molar-refractivity contribution in [2.75, 3.05) is 27.4 Å². The molecule has 4 rings (SSSR count). The molecule has 7 heteroatoms. The Morgan fingerprint density at radius 3 is 2.50 bits per heavy atom. The van der Waals surface area contributed by atoms with Gasteiger partial charge in [0.2, 0.25) is 0 Å². The van der Waals surface area contributed by atoms with Crippen LogP contribution in [0.4, 0.5) is 0 Å². The summed E-state index contributed by atoms with van der Waals surface area (Å²) in [5.41, 5.74) is 1.99. The van der Waals surface area contributed by atoms with E-state index in [2.05, 4.69) is 15.6 Å². The highest BCUT2D eigenvalue weighted by Crippen LogP contribution is 2.44. The third kappa shape index (κ3) is 3.50. The Morgan fingerprint density at radius 1 is 1.14 bits per heavy atom. The lowest BCUT2D eigenvalue weighted by atomic mass is 10.0. The minimum atomic E-state index is -0.480. The number of hydrogen-bond acceptors (Lipinski definition) is 5. The highest BCUT2D eigenvalue weighted by Gasteiger charge is 2.54. The van der Waals surface area contributed by atoms with Crippen LogP contribution in [0.25, 0.3) is 0 Å². The van der Waals surface area contributed by atoms with Gasteiger partial charge in [0.05, 0.1) is 18.9 Å². The Balaban J connectivity index is 1.65. The number of pyridine rings is 1. The molecule has 0 unspecified atom stereocenters. The van der Waals surface area contributed by atoms with Crippen molar-refractivity contribution < 1.29 is 19.1 Å². The molecule has 4 atom stereocenters. The van der Waals surface area contributed by atoms with Crippen LogP contribution in [-0.4, -0.2) is 50.2 Å². The number of ether oxygens (including phenoxy) is 2. The second-order valence-corrected chi connectivity index (χ2v) is 7.14. The minimum Gasteiger partial charge on any atom is -0.381 e. The second kappa shape index (κ2) is 7.69. The van der Waals surface area contributed by atoms with E-state index in [-0.39, 0.29) is 23.6 Å². The largest absolute Gasteiger partial charge is 0.381 e. The lowest BCUT2D eigenvalue weighted by Crippen LogP contribution is -2.31. The van der Waals surface area contributed by atoms with Crippen LogP contribution in [0.5, 0.6) is 0 Å². The van der Waals surface area contributed by atoms with Gasteiger partial charge in [-0.05, 0) is 17.7 Å². The number of carbonyl (C=O) groups excluding carboxylic acids is 2. The average molecular weight is 381 g/mol. The van der Waals surface area contributed by atoms with Crippen LogP contribution >= 0.6 is 0 Å². The molecule has 1 aliphatic heterocycles. The molecule has 2 fully saturated rings. The zero-order valence-corrected chi connectivity index (χ0v) is 15.8. The average Bonchev–Trinajstić information content (AvgIpc) is 3.14. The molecule has 7 nitrogen and oxygen atoms in total. The molecule has 2 aromatic rings. The summed E-state index contributed by atoms with van der Waals surface area (Å²) in [4.78, 5) is 29.5. The molecule has 2 amide bonds. The molecular formula is C21H23N3O4. The van der Waals surface area contributed by atoms with E-state index in [0.29, 0.717) is 36.3 Å². The molecule has 1 aliphatic carbocycles. The summed E-state index contributed by atoms with van der Waals surface area (Å²) >= 11 is 0. The van der Waals surface area contributed by atoms with Gasteiger partial charge >= 0.3 is 0 Å². The zero-order chi connectivity index (χ0) is 19.7. The molecule has 146 valence electrons. The summed E-state index contributed by atoms with van der Waals surface area (Å²) in [6.07, 6.45) is -0.480. The van der Waals surface area contributed by atoms with Crippen molar-refractivity contribution >= 4 is 11.8 Å². The van der Waals surface area contributed by atoms with E-state index in [1.54, 1.807) is 13.2 Å². The van der Waals surface area contributed by atoms with E-state index in [1.165, 1.54) is 13.1 Å². The van der Waals surface area contributed by atoms with E-state index in [9.17, 15) is 9.59 Å². The molecule has 1 saturated heterocycles. The predicted octanol–water partition coefficient (Wildman–Crippen LogP) is 1.55. The van der Waals surface area contributed by atoms with Gasteiger partial charge in [-0.1, -0.05) is 30.3 Å². The van der Waals surface area contributed by atoms with Gasteiger partial charge in [0.1, 0.15) is 11.8 Å². The number of nitrogens with one attached hydrogen (secondary N) is 2. The van der Waals surface area contributed by atoms with E-state index >= 15 is 0 Å². The summed E-state index contributed by atoms with van der Waals surface area (Å²) in [6, 6.07) is 12.9. The van der Waals surface area contributed by atoms with Crippen molar-refractivity contribution in [3.05, 3.63) is 65.0 Å². The molecule has 2 heterocycles. The predicted molar refractivity (Wildman–Crippen MR) is 102 cm³/mol. The van der Waals surface area contributed by atoms with Gasteiger partial charge in [-0.25, -0.2) is 4.98 Å². The Hall–Kier alpha value is -2.77. The van der Waals surface area contributed by atoms with Crippen molar-refractivity contribution in [1.82, 2.24) is 15.6 Å². The molecule has 0 bridgehead atoms. The number of amides is 2. The number of methoxy groups -OCH3 is 1. The number of benzene rings is 1. The molecule has 28 heavy (non-hydrogen) atoms. The number of nitrogens with zero attached hydrogens (tertiary/aromatic N) is 1. The first-order valence-corrected chi connectivity index (χ1v) is 9.32. The first-order chi connectivity index (χ1) is 13.6. The van der Waals surface area contributed by atoms with Crippen LogP contribution in [0.15, 0.2) is 42.5 Å². The van der Waals surface area contributed by atoms with E-state index in [4.69, 9.17) is 9.47 Å². The highest BCUT2D eigenvalue weighted by atomic mass is 16.5. The van der Waals surface area contributed by atoms with Crippen molar-refractivity contribution in [3.63, 3.8) is 0 Å². The number of rotatable bonds is 6. The van der Waals surface area contributed by atoms with Crippen molar-refractivity contribution in [2.45, 2.75) is 12.1 Å². The van der Waals surface area contributed by atoms with Gasteiger partial charge < -0.3 is 20.1 Å². The first kappa shape index (κ1) is 18.6. The fourth-order valence-electron chi connectivity index (χ4n) is 3.81. The van der Waals surface area contributed by atoms with E-state index < -0.39 is 6.10 Å². The third-order valence-electron chi connectivity index (χ3n) is 5.42. The fraction of sp³-hybridized carbons (Fsp3) is 0.381. The molecule has 2 aliphatic rings. The van der Waals surface area contributed by atoms with Crippen molar-refractivity contribution in [2.24, 2.45) is 11.8 Å². The summed E-state index contributed by atoms with van der Waals surface area (Å²) in [6.45, 7) is 1.39. The number of carbonyl (C=O) groups is 2. The SMILES string of the molecule is CNC(=O)c1cc(C(=O)N[C@H]2[C@@H]3COC[C@@H]32)cc([C@H](OC)c2ccccc2)n1. The smallest absolute Gasteiger partial charge is 0.269 e. The normalized spacial score (nSPS) is 23.6. The van der Waals surface area contributed by atoms with Crippen LogP contribution in [0.2, 0.25) is 0 Å². The van der Waals surface area contributed by atoms with Crippen LogP contribution in [0.3, 0.4) is 0 Å². The standard InChI is InChI=1S/C21H23N3O4/c1-22-21(26)17-9-13(20(25)24-18-14-10-28-11-15(14)18)8-16(23-17)19(27-2)12-6-4-3-5-7-12/h3-9,14-15,18-19H,10-11H2,1-2H3,(H,22,26)(H,24,25)/t14-,15+,18+,19-/m1/s1. The minimum absolute atomic E-state index is 0.147.